The molecule has 28 heavy (non-hydrogen) atoms. The molecule has 1 aliphatic rings. The number of nitrogens with zero attached hydrogens (tertiary/aromatic N) is 1. The van der Waals surface area contributed by atoms with Gasteiger partial charge in [-0.05, 0) is 50.5 Å². The van der Waals surface area contributed by atoms with Gasteiger partial charge in [-0.15, -0.1) is 0 Å². The van der Waals surface area contributed by atoms with Crippen LogP contribution in [-0.2, 0) is 14.3 Å². The fraction of sp³-hybridized carbons (Fsp3) is 0.524. The number of ketones is 1. The van der Waals surface area contributed by atoms with Crippen molar-refractivity contribution in [1.82, 2.24) is 5.32 Å². The Hall–Kier alpha value is -2.88. The van der Waals surface area contributed by atoms with Crippen molar-refractivity contribution in [2.45, 2.75) is 57.4 Å². The number of Topliss-reactive ketones (excluding diaryl/α,β-unsaturated/α-hetero) is 1. The first-order chi connectivity index (χ1) is 13.4. The number of amides is 1. The lowest BCUT2D eigenvalue weighted by molar-refractivity contribution is -0.149. The van der Waals surface area contributed by atoms with E-state index in [4.69, 9.17) is 9.47 Å². The Bertz CT molecular complexity index is 730. The molecule has 0 saturated heterocycles. The minimum absolute atomic E-state index is 0.0116. The summed E-state index contributed by atoms with van der Waals surface area (Å²) >= 11 is 0. The van der Waals surface area contributed by atoms with Crippen molar-refractivity contribution in [1.29, 1.82) is 5.26 Å². The zero-order chi connectivity index (χ0) is 20.4. The highest BCUT2D eigenvalue weighted by Gasteiger charge is 2.33. The van der Waals surface area contributed by atoms with Crippen LogP contribution in [0.2, 0.25) is 0 Å². The van der Waals surface area contributed by atoms with Crippen molar-refractivity contribution >= 4 is 17.7 Å². The van der Waals surface area contributed by atoms with Crippen LogP contribution in [0.1, 0.15) is 62.2 Å². The van der Waals surface area contributed by atoms with Crippen LogP contribution in [0.3, 0.4) is 0 Å². The van der Waals surface area contributed by atoms with Gasteiger partial charge in [0.2, 0.25) is 0 Å². The van der Waals surface area contributed by atoms with Gasteiger partial charge in [0.15, 0.2) is 12.4 Å². The molecular weight excluding hydrogens is 360 g/mol. The molecule has 7 heteroatoms. The van der Waals surface area contributed by atoms with Crippen molar-refractivity contribution in [2.75, 3.05) is 13.2 Å². The normalized spacial score (nSPS) is 15.1. The number of carbonyl (C=O) groups is 3. The summed E-state index contributed by atoms with van der Waals surface area (Å²) in [5.74, 6) is -0.325. The quantitative estimate of drug-likeness (QED) is 0.397. The Morgan fingerprint density at radius 3 is 2.43 bits per heavy atom. The number of ether oxygens (including phenoxy) is 2. The van der Waals surface area contributed by atoms with Gasteiger partial charge in [-0.1, -0.05) is 19.3 Å². The second-order valence-corrected chi connectivity index (χ2v) is 7.00. The van der Waals surface area contributed by atoms with E-state index in [-0.39, 0.29) is 18.8 Å². The fourth-order valence-corrected chi connectivity index (χ4v) is 3.13. The number of esters is 1. The van der Waals surface area contributed by atoms with Gasteiger partial charge in [0.1, 0.15) is 11.3 Å². The summed E-state index contributed by atoms with van der Waals surface area (Å²) in [7, 11) is 0. The number of hydrogen-bond acceptors (Lipinski definition) is 6. The van der Waals surface area contributed by atoms with Crippen molar-refractivity contribution < 1.29 is 23.9 Å². The number of nitriles is 1. The number of nitrogens with one attached hydrogen (secondary N) is 1. The minimum atomic E-state index is -0.826. The first-order valence-corrected chi connectivity index (χ1v) is 9.56. The van der Waals surface area contributed by atoms with Crippen LogP contribution in [0.4, 0.5) is 0 Å². The predicted molar refractivity (Wildman–Crippen MR) is 102 cm³/mol. The molecule has 1 aromatic carbocycles. The molecule has 1 aliphatic carbocycles. The monoisotopic (exact) mass is 386 g/mol. The molecule has 0 aliphatic heterocycles. The van der Waals surface area contributed by atoms with E-state index in [1.807, 2.05) is 0 Å². The van der Waals surface area contributed by atoms with Crippen LogP contribution < -0.4 is 10.1 Å². The third-order valence-corrected chi connectivity index (χ3v) is 4.72. The number of benzene rings is 1. The van der Waals surface area contributed by atoms with Crippen LogP contribution in [0.15, 0.2) is 24.3 Å². The highest BCUT2D eigenvalue weighted by atomic mass is 16.5. The van der Waals surface area contributed by atoms with Gasteiger partial charge in [0, 0.05) is 12.0 Å². The summed E-state index contributed by atoms with van der Waals surface area (Å²) < 4.78 is 10.5. The summed E-state index contributed by atoms with van der Waals surface area (Å²) in [6.07, 6.45) is 4.72. The third-order valence-electron chi connectivity index (χ3n) is 4.72. The van der Waals surface area contributed by atoms with Crippen LogP contribution >= 0.6 is 0 Å². The molecule has 7 nitrogen and oxygen atoms in total. The van der Waals surface area contributed by atoms with Gasteiger partial charge < -0.3 is 14.8 Å². The van der Waals surface area contributed by atoms with E-state index >= 15 is 0 Å². The van der Waals surface area contributed by atoms with Crippen LogP contribution in [0, 0.1) is 11.3 Å². The van der Waals surface area contributed by atoms with Crippen molar-refractivity contribution in [3.05, 3.63) is 29.8 Å². The Morgan fingerprint density at radius 2 is 1.82 bits per heavy atom. The van der Waals surface area contributed by atoms with Gasteiger partial charge in [0.05, 0.1) is 12.7 Å². The fourth-order valence-electron chi connectivity index (χ4n) is 3.13. The molecule has 0 heterocycles. The van der Waals surface area contributed by atoms with E-state index in [9.17, 15) is 19.6 Å². The molecule has 0 unspecified atom stereocenters. The lowest BCUT2D eigenvalue weighted by Crippen LogP contribution is -2.50. The molecule has 0 aromatic heterocycles. The molecule has 1 aromatic rings. The molecule has 1 fully saturated rings. The Morgan fingerprint density at radius 1 is 1.14 bits per heavy atom. The highest BCUT2D eigenvalue weighted by Crippen LogP contribution is 2.27. The molecule has 1 N–H and O–H groups in total. The van der Waals surface area contributed by atoms with E-state index in [0.29, 0.717) is 37.2 Å². The molecule has 2 rings (SSSR count). The standard InChI is InChI=1S/C21H26N2O5/c1-16(24)17-7-9-18(10-8-17)27-13-5-6-20(26)28-14-19(25)23-21(15-22)11-3-2-4-12-21/h7-10H,2-6,11-14H2,1H3,(H,23,25). The molecule has 0 atom stereocenters. The topological polar surface area (TPSA) is 105 Å². The maximum atomic E-state index is 12.0. The smallest absolute Gasteiger partial charge is 0.306 e. The second-order valence-electron chi connectivity index (χ2n) is 7.00. The van der Waals surface area contributed by atoms with Gasteiger partial charge in [0.25, 0.3) is 5.91 Å². The van der Waals surface area contributed by atoms with E-state index in [2.05, 4.69) is 11.4 Å². The Labute approximate surface area is 165 Å². The molecule has 1 saturated carbocycles. The zero-order valence-corrected chi connectivity index (χ0v) is 16.2. The second kappa shape index (κ2) is 10.5. The maximum Gasteiger partial charge on any atom is 0.306 e. The number of carbonyl (C=O) groups excluding carboxylic acids is 3. The van der Waals surface area contributed by atoms with Gasteiger partial charge in [-0.25, -0.2) is 0 Å². The molecule has 0 spiro atoms. The Kier molecular flexibility index (Phi) is 8.00. The van der Waals surface area contributed by atoms with E-state index < -0.39 is 17.4 Å². The van der Waals surface area contributed by atoms with Crippen LogP contribution in [-0.4, -0.2) is 36.4 Å². The summed E-state index contributed by atoms with van der Waals surface area (Å²) in [6.45, 7) is 1.44. The summed E-state index contributed by atoms with van der Waals surface area (Å²) in [4.78, 5) is 35.0. The lowest BCUT2D eigenvalue weighted by atomic mass is 9.83. The molecule has 150 valence electrons. The predicted octanol–water partition coefficient (Wildman–Crippen LogP) is 2.93. The average Bonchev–Trinajstić information content (AvgIpc) is 2.70. The first-order valence-electron chi connectivity index (χ1n) is 9.56. The summed E-state index contributed by atoms with van der Waals surface area (Å²) in [6, 6.07) is 8.97. The van der Waals surface area contributed by atoms with E-state index in [0.717, 1.165) is 19.3 Å². The first kappa shape index (κ1) is 21.4. The SMILES string of the molecule is CC(=O)c1ccc(OCCCC(=O)OCC(=O)NC2(C#N)CCCCC2)cc1. The maximum absolute atomic E-state index is 12.0. The highest BCUT2D eigenvalue weighted by molar-refractivity contribution is 5.94. The largest absolute Gasteiger partial charge is 0.494 e. The van der Waals surface area contributed by atoms with Crippen LogP contribution in [0.25, 0.3) is 0 Å². The van der Waals surface area contributed by atoms with Gasteiger partial charge in [-0.2, -0.15) is 5.26 Å². The van der Waals surface area contributed by atoms with Crippen molar-refractivity contribution in [3.63, 3.8) is 0 Å². The molecule has 0 bridgehead atoms. The third kappa shape index (κ3) is 6.69. The van der Waals surface area contributed by atoms with E-state index in [1.54, 1.807) is 24.3 Å². The molecular formula is C21H26N2O5. The molecule has 1 amide bonds. The van der Waals surface area contributed by atoms with Gasteiger partial charge >= 0.3 is 5.97 Å². The lowest BCUT2D eigenvalue weighted by Gasteiger charge is -2.31. The Balaban J connectivity index is 1.62. The number of rotatable bonds is 9. The average molecular weight is 386 g/mol. The van der Waals surface area contributed by atoms with Gasteiger partial charge in [-0.3, -0.25) is 14.4 Å². The van der Waals surface area contributed by atoms with E-state index in [1.165, 1.54) is 6.92 Å². The zero-order valence-electron chi connectivity index (χ0n) is 16.2. The van der Waals surface area contributed by atoms with Crippen LogP contribution in [0.5, 0.6) is 5.75 Å². The summed E-state index contributed by atoms with van der Waals surface area (Å²) in [5.41, 5.74) is -0.214. The minimum Gasteiger partial charge on any atom is -0.494 e. The van der Waals surface area contributed by atoms with Crippen molar-refractivity contribution in [3.8, 4) is 11.8 Å². The molecule has 0 radical (unpaired) electrons. The van der Waals surface area contributed by atoms with Crippen molar-refractivity contribution in [2.24, 2.45) is 0 Å². The summed E-state index contributed by atoms with van der Waals surface area (Å²) in [5, 5.41) is 12.1. The number of hydrogen-bond donors (Lipinski definition) is 1.